The number of ether oxygens (including phenoxy) is 1. The van der Waals surface area contributed by atoms with Crippen molar-refractivity contribution in [1.29, 1.82) is 0 Å². The summed E-state index contributed by atoms with van der Waals surface area (Å²) in [5, 5.41) is 2.94. The molecule has 0 radical (unpaired) electrons. The smallest absolute Gasteiger partial charge is 0.260 e. The van der Waals surface area contributed by atoms with Gasteiger partial charge in [0.05, 0.1) is 6.04 Å². The minimum absolute atomic E-state index is 0.111. The Hall–Kier alpha value is -2.82. The van der Waals surface area contributed by atoms with Crippen LogP contribution >= 0.6 is 0 Å². The van der Waals surface area contributed by atoms with E-state index in [1.165, 1.54) is 11.1 Å². The van der Waals surface area contributed by atoms with E-state index in [0.29, 0.717) is 18.2 Å². The van der Waals surface area contributed by atoms with Crippen molar-refractivity contribution < 1.29 is 14.3 Å². The fourth-order valence-electron chi connectivity index (χ4n) is 5.22. The molecule has 2 aromatic rings. The van der Waals surface area contributed by atoms with Crippen LogP contribution < -0.4 is 10.1 Å². The summed E-state index contributed by atoms with van der Waals surface area (Å²) in [7, 11) is 0. The van der Waals surface area contributed by atoms with Gasteiger partial charge in [-0.1, -0.05) is 62.6 Å². The van der Waals surface area contributed by atoms with Crippen LogP contribution in [0.4, 0.5) is 0 Å². The Morgan fingerprint density at radius 2 is 1.85 bits per heavy atom. The van der Waals surface area contributed by atoms with E-state index in [1.54, 1.807) is 6.92 Å². The van der Waals surface area contributed by atoms with Gasteiger partial charge in [0.2, 0.25) is 5.91 Å². The molecule has 1 heterocycles. The van der Waals surface area contributed by atoms with Crippen LogP contribution in [0.5, 0.6) is 5.75 Å². The van der Waals surface area contributed by atoms with Gasteiger partial charge >= 0.3 is 0 Å². The molecule has 0 aromatic heterocycles. The topological polar surface area (TPSA) is 58.6 Å². The lowest BCUT2D eigenvalue weighted by atomic mass is 9.86. The maximum absolute atomic E-state index is 13.6. The lowest BCUT2D eigenvalue weighted by molar-refractivity contribution is -0.137. The second-order valence-corrected chi connectivity index (χ2v) is 10.3. The molecule has 2 amide bonds. The molecule has 2 aliphatic rings. The van der Waals surface area contributed by atoms with E-state index >= 15 is 0 Å². The van der Waals surface area contributed by atoms with Gasteiger partial charge in [-0.15, -0.1) is 0 Å². The molecular formula is C29H38N2O3. The molecule has 0 spiro atoms. The van der Waals surface area contributed by atoms with Crippen molar-refractivity contribution in [3.63, 3.8) is 0 Å². The molecule has 1 aliphatic carbocycles. The SMILES string of the molecule is Cc1cccc([C@H]2c3cc(O[C@@H](C)C(=O)NCC(C)C)ccc3CCN2C(=O)C2CCCC2)c1. The second-order valence-electron chi connectivity index (χ2n) is 10.3. The van der Waals surface area contributed by atoms with Crippen LogP contribution in [-0.2, 0) is 16.0 Å². The third kappa shape index (κ3) is 5.45. The molecule has 5 heteroatoms. The molecule has 1 N–H and O–H groups in total. The van der Waals surface area contributed by atoms with Crippen molar-refractivity contribution in [2.75, 3.05) is 13.1 Å². The number of carbonyl (C=O) groups excluding carboxylic acids is 2. The summed E-state index contributed by atoms with van der Waals surface area (Å²) < 4.78 is 6.06. The first-order valence-electron chi connectivity index (χ1n) is 12.8. The summed E-state index contributed by atoms with van der Waals surface area (Å²) in [4.78, 5) is 28.2. The lowest BCUT2D eigenvalue weighted by Gasteiger charge is -2.39. The van der Waals surface area contributed by atoms with Gasteiger partial charge in [-0.05, 0) is 67.9 Å². The minimum atomic E-state index is -0.589. The summed E-state index contributed by atoms with van der Waals surface area (Å²) in [6.07, 6.45) is 4.52. The zero-order valence-electron chi connectivity index (χ0n) is 21.0. The average Bonchev–Trinajstić information content (AvgIpc) is 3.36. The van der Waals surface area contributed by atoms with Crippen molar-refractivity contribution in [1.82, 2.24) is 10.2 Å². The Morgan fingerprint density at radius 1 is 1.09 bits per heavy atom. The Morgan fingerprint density at radius 3 is 2.56 bits per heavy atom. The molecule has 34 heavy (non-hydrogen) atoms. The standard InChI is InChI=1S/C29H38N2O3/c1-19(2)18-30-28(32)21(4)34-25-13-12-22-14-15-31(29(33)23-9-5-6-10-23)27(26(22)17-25)24-11-7-8-20(3)16-24/h7-8,11-13,16-17,19,21,23,27H,5-6,9-10,14-15,18H2,1-4H3,(H,30,32)/t21-,27-/m0/s1. The van der Waals surface area contributed by atoms with E-state index in [2.05, 4.69) is 61.3 Å². The van der Waals surface area contributed by atoms with Crippen LogP contribution in [0.2, 0.25) is 0 Å². The largest absolute Gasteiger partial charge is 0.481 e. The van der Waals surface area contributed by atoms with Crippen molar-refractivity contribution in [2.24, 2.45) is 11.8 Å². The summed E-state index contributed by atoms with van der Waals surface area (Å²) >= 11 is 0. The van der Waals surface area contributed by atoms with Gasteiger partial charge in [-0.2, -0.15) is 0 Å². The Labute approximate surface area is 203 Å². The molecule has 1 aliphatic heterocycles. The van der Waals surface area contributed by atoms with E-state index in [-0.39, 0.29) is 23.8 Å². The van der Waals surface area contributed by atoms with E-state index in [1.807, 2.05) is 12.1 Å². The van der Waals surface area contributed by atoms with Crippen LogP contribution in [0.3, 0.4) is 0 Å². The average molecular weight is 463 g/mol. The van der Waals surface area contributed by atoms with Gasteiger partial charge in [-0.3, -0.25) is 9.59 Å². The highest BCUT2D eigenvalue weighted by Crippen LogP contribution is 2.40. The van der Waals surface area contributed by atoms with Crippen molar-refractivity contribution in [2.45, 2.75) is 71.9 Å². The zero-order chi connectivity index (χ0) is 24.2. The maximum Gasteiger partial charge on any atom is 0.260 e. The quantitative estimate of drug-likeness (QED) is 0.615. The summed E-state index contributed by atoms with van der Waals surface area (Å²) in [6.45, 7) is 9.37. The molecule has 1 saturated carbocycles. The molecule has 0 saturated heterocycles. The van der Waals surface area contributed by atoms with E-state index in [0.717, 1.165) is 49.8 Å². The van der Waals surface area contributed by atoms with Crippen LogP contribution in [0.1, 0.15) is 74.8 Å². The fourth-order valence-corrected chi connectivity index (χ4v) is 5.22. The van der Waals surface area contributed by atoms with Crippen LogP contribution in [-0.4, -0.2) is 35.9 Å². The molecule has 5 nitrogen and oxygen atoms in total. The monoisotopic (exact) mass is 462 g/mol. The number of hydrogen-bond donors (Lipinski definition) is 1. The Kier molecular flexibility index (Phi) is 7.60. The number of nitrogens with zero attached hydrogens (tertiary/aromatic N) is 1. The highest BCUT2D eigenvalue weighted by Gasteiger charge is 2.36. The summed E-state index contributed by atoms with van der Waals surface area (Å²) in [5.41, 5.74) is 4.66. The maximum atomic E-state index is 13.6. The molecule has 4 rings (SSSR count). The number of benzene rings is 2. The number of carbonyl (C=O) groups is 2. The van der Waals surface area contributed by atoms with Gasteiger partial charge in [0.1, 0.15) is 5.75 Å². The van der Waals surface area contributed by atoms with Gasteiger partial charge in [-0.25, -0.2) is 0 Å². The Bertz CT molecular complexity index is 1030. The predicted molar refractivity (Wildman–Crippen MR) is 135 cm³/mol. The number of aryl methyl sites for hydroxylation is 1. The normalized spacial score (nSPS) is 19.1. The predicted octanol–water partition coefficient (Wildman–Crippen LogP) is 5.20. The first-order valence-corrected chi connectivity index (χ1v) is 12.8. The Balaban J connectivity index is 1.64. The fraction of sp³-hybridized carbons (Fsp3) is 0.517. The van der Waals surface area contributed by atoms with Crippen LogP contribution in [0.15, 0.2) is 42.5 Å². The van der Waals surface area contributed by atoms with Crippen LogP contribution in [0, 0.1) is 18.8 Å². The number of hydrogen-bond acceptors (Lipinski definition) is 3. The van der Waals surface area contributed by atoms with Crippen molar-refractivity contribution in [3.8, 4) is 5.75 Å². The highest BCUT2D eigenvalue weighted by atomic mass is 16.5. The molecular weight excluding hydrogens is 424 g/mol. The van der Waals surface area contributed by atoms with Gasteiger partial charge < -0.3 is 15.0 Å². The molecule has 2 aromatic carbocycles. The number of rotatable bonds is 7. The number of amides is 2. The summed E-state index contributed by atoms with van der Waals surface area (Å²) in [5.74, 6) is 1.36. The zero-order valence-corrected chi connectivity index (χ0v) is 21.0. The molecule has 0 unspecified atom stereocenters. The third-order valence-electron chi connectivity index (χ3n) is 7.06. The van der Waals surface area contributed by atoms with Crippen LogP contribution in [0.25, 0.3) is 0 Å². The van der Waals surface area contributed by atoms with E-state index in [9.17, 15) is 9.59 Å². The third-order valence-corrected chi connectivity index (χ3v) is 7.06. The highest BCUT2D eigenvalue weighted by molar-refractivity contribution is 5.81. The van der Waals surface area contributed by atoms with E-state index in [4.69, 9.17) is 4.74 Å². The van der Waals surface area contributed by atoms with Crippen molar-refractivity contribution >= 4 is 11.8 Å². The van der Waals surface area contributed by atoms with Crippen molar-refractivity contribution in [3.05, 3.63) is 64.7 Å². The van der Waals surface area contributed by atoms with Gasteiger partial charge in [0.15, 0.2) is 6.10 Å². The first-order chi connectivity index (χ1) is 16.3. The van der Waals surface area contributed by atoms with Gasteiger partial charge in [0, 0.05) is 19.0 Å². The molecule has 0 bridgehead atoms. The summed E-state index contributed by atoms with van der Waals surface area (Å²) in [6, 6.07) is 14.4. The van der Waals surface area contributed by atoms with E-state index < -0.39 is 6.10 Å². The minimum Gasteiger partial charge on any atom is -0.481 e. The lowest BCUT2D eigenvalue weighted by Crippen LogP contribution is -2.43. The first kappa shape index (κ1) is 24.3. The number of nitrogens with one attached hydrogen (secondary N) is 1. The molecule has 1 fully saturated rings. The number of fused-ring (bicyclic) bond motifs is 1. The van der Waals surface area contributed by atoms with Gasteiger partial charge in [0.25, 0.3) is 5.91 Å². The molecule has 182 valence electrons. The molecule has 2 atom stereocenters. The second kappa shape index (κ2) is 10.6.